The molecule has 0 aromatic carbocycles. The van der Waals surface area contributed by atoms with Crippen LogP contribution in [0.3, 0.4) is 0 Å². The van der Waals surface area contributed by atoms with Crippen LogP contribution in [-0.4, -0.2) is 37.7 Å². The Labute approximate surface area is 139 Å². The molecule has 2 aromatic rings. The molecule has 1 aliphatic heterocycles. The number of ether oxygens (including phenoxy) is 2. The highest BCUT2D eigenvalue weighted by atomic mass is 16.7. The van der Waals surface area contributed by atoms with Crippen molar-refractivity contribution >= 4 is 11.2 Å². The minimum absolute atomic E-state index is 0.301. The summed E-state index contributed by atoms with van der Waals surface area (Å²) >= 11 is 0. The molecule has 0 fully saturated rings. The Morgan fingerprint density at radius 1 is 1.04 bits per heavy atom. The first-order valence-electron chi connectivity index (χ1n) is 8.52. The van der Waals surface area contributed by atoms with E-state index in [0.717, 1.165) is 5.82 Å². The van der Waals surface area contributed by atoms with Crippen molar-refractivity contribution in [1.29, 1.82) is 0 Å². The predicted octanol–water partition coefficient (Wildman–Crippen LogP) is 0.725. The summed E-state index contributed by atoms with van der Waals surface area (Å²) < 4.78 is 16.3. The zero-order valence-electron chi connectivity index (χ0n) is 14.7. The van der Waals surface area contributed by atoms with Crippen LogP contribution < -0.4 is 11.2 Å². The molecule has 1 aliphatic rings. The lowest BCUT2D eigenvalue weighted by atomic mass is 10.2. The van der Waals surface area contributed by atoms with E-state index in [4.69, 9.17) is 9.47 Å². The van der Waals surface area contributed by atoms with Gasteiger partial charge in [-0.05, 0) is 27.7 Å². The number of hydrogen-bond donors (Lipinski definition) is 0. The van der Waals surface area contributed by atoms with Gasteiger partial charge in [-0.3, -0.25) is 13.9 Å². The van der Waals surface area contributed by atoms with Crippen LogP contribution in [0, 0.1) is 0 Å². The summed E-state index contributed by atoms with van der Waals surface area (Å²) in [7, 11) is 0. The predicted molar refractivity (Wildman–Crippen MR) is 89.3 cm³/mol. The van der Waals surface area contributed by atoms with Crippen LogP contribution in [0.1, 0.15) is 33.5 Å². The van der Waals surface area contributed by atoms with Gasteiger partial charge >= 0.3 is 5.69 Å². The third-order valence-electron chi connectivity index (χ3n) is 4.47. The van der Waals surface area contributed by atoms with Crippen molar-refractivity contribution < 1.29 is 9.47 Å². The van der Waals surface area contributed by atoms with Gasteiger partial charge in [0.05, 0.1) is 13.0 Å². The molecule has 2 aromatic heterocycles. The number of rotatable bonds is 6. The number of nitrogens with zero attached hydrogens (tertiary/aromatic N) is 4. The van der Waals surface area contributed by atoms with Crippen molar-refractivity contribution in [2.24, 2.45) is 0 Å². The maximum absolute atomic E-state index is 12.8. The number of hydrogen-bond acceptors (Lipinski definition) is 5. The lowest BCUT2D eigenvalue weighted by molar-refractivity contribution is -0.230. The first kappa shape index (κ1) is 16.9. The van der Waals surface area contributed by atoms with Crippen molar-refractivity contribution in [3.63, 3.8) is 0 Å². The fourth-order valence-corrected chi connectivity index (χ4v) is 3.50. The smallest absolute Gasteiger partial charge is 0.332 e. The van der Waals surface area contributed by atoms with Crippen molar-refractivity contribution in [3.05, 3.63) is 26.7 Å². The summed E-state index contributed by atoms with van der Waals surface area (Å²) in [6.45, 7) is 9.73. The number of imidazole rings is 1. The summed E-state index contributed by atoms with van der Waals surface area (Å²) in [6, 6.07) is 0. The van der Waals surface area contributed by atoms with Crippen molar-refractivity contribution in [2.45, 2.75) is 59.5 Å². The topological polar surface area (TPSA) is 80.3 Å². The van der Waals surface area contributed by atoms with Gasteiger partial charge in [-0.1, -0.05) is 0 Å². The van der Waals surface area contributed by atoms with Gasteiger partial charge in [-0.25, -0.2) is 9.78 Å². The number of aromatic nitrogens is 4. The second kappa shape index (κ2) is 6.18. The minimum Gasteiger partial charge on any atom is -0.348 e. The van der Waals surface area contributed by atoms with Gasteiger partial charge in [0.1, 0.15) is 5.82 Å². The highest BCUT2D eigenvalue weighted by Crippen LogP contribution is 2.31. The summed E-state index contributed by atoms with van der Waals surface area (Å²) in [4.78, 5) is 29.8. The molecule has 0 spiro atoms. The average molecular weight is 336 g/mol. The minimum atomic E-state index is -0.781. The van der Waals surface area contributed by atoms with E-state index in [1.807, 2.05) is 25.3 Å². The van der Waals surface area contributed by atoms with E-state index in [2.05, 4.69) is 4.98 Å². The Morgan fingerprint density at radius 3 is 2.21 bits per heavy atom. The van der Waals surface area contributed by atoms with Crippen LogP contribution in [0.15, 0.2) is 9.59 Å². The lowest BCUT2D eigenvalue weighted by Crippen LogP contribution is -2.41. The molecule has 8 heteroatoms. The summed E-state index contributed by atoms with van der Waals surface area (Å²) in [6.07, 6.45) is 0.465. The molecular weight excluding hydrogens is 312 g/mol. The first-order chi connectivity index (χ1) is 11.5. The van der Waals surface area contributed by atoms with Gasteiger partial charge in [-0.15, -0.1) is 0 Å². The SMILES string of the molecule is CCOC1(OCC)Cc2nc3c(c(=O)n(CC)c(=O)n3CC)n2C1. The first-order valence-corrected chi connectivity index (χ1v) is 8.52. The van der Waals surface area contributed by atoms with Gasteiger partial charge in [0.25, 0.3) is 5.56 Å². The quantitative estimate of drug-likeness (QED) is 0.726. The molecule has 0 saturated heterocycles. The second-order valence-electron chi connectivity index (χ2n) is 5.82. The Balaban J connectivity index is 2.24. The van der Waals surface area contributed by atoms with Crippen LogP contribution in [0.5, 0.6) is 0 Å². The highest BCUT2D eigenvalue weighted by molar-refractivity contribution is 5.71. The fraction of sp³-hybridized carbons (Fsp3) is 0.688. The fourth-order valence-electron chi connectivity index (χ4n) is 3.50. The molecule has 0 unspecified atom stereocenters. The van der Waals surface area contributed by atoms with Gasteiger partial charge in [0.2, 0.25) is 0 Å². The van der Waals surface area contributed by atoms with E-state index in [1.54, 1.807) is 11.5 Å². The average Bonchev–Trinajstić information content (AvgIpc) is 3.03. The molecule has 0 amide bonds. The third-order valence-corrected chi connectivity index (χ3v) is 4.47. The van der Waals surface area contributed by atoms with E-state index in [1.165, 1.54) is 4.57 Å². The maximum Gasteiger partial charge on any atom is 0.332 e. The molecule has 0 N–H and O–H groups in total. The normalized spacial score (nSPS) is 16.0. The van der Waals surface area contributed by atoms with Gasteiger partial charge < -0.3 is 14.0 Å². The molecule has 0 radical (unpaired) electrons. The molecule has 0 aliphatic carbocycles. The standard InChI is InChI=1S/C16H24N4O4/c1-5-18-13-12(14(21)19(6-2)15(18)22)20-10-16(23-7-3,24-8-4)9-11(20)17-13/h5-10H2,1-4H3. The van der Waals surface area contributed by atoms with Crippen LogP contribution in [0.2, 0.25) is 0 Å². The van der Waals surface area contributed by atoms with Crippen LogP contribution >= 0.6 is 0 Å². The van der Waals surface area contributed by atoms with Gasteiger partial charge in [0.15, 0.2) is 17.0 Å². The van der Waals surface area contributed by atoms with E-state index in [0.29, 0.717) is 50.4 Å². The van der Waals surface area contributed by atoms with Gasteiger partial charge in [0, 0.05) is 26.3 Å². The maximum atomic E-state index is 12.8. The molecule has 0 atom stereocenters. The lowest BCUT2D eigenvalue weighted by Gasteiger charge is -2.28. The van der Waals surface area contributed by atoms with E-state index >= 15 is 0 Å². The van der Waals surface area contributed by atoms with Crippen LogP contribution in [-0.2, 0) is 35.5 Å². The molecule has 132 valence electrons. The summed E-state index contributed by atoms with van der Waals surface area (Å²) in [5.74, 6) is -0.0593. The zero-order valence-corrected chi connectivity index (χ0v) is 14.7. The summed E-state index contributed by atoms with van der Waals surface area (Å²) in [5, 5.41) is 0. The molecule has 3 rings (SSSR count). The Bertz CT molecular complexity index is 871. The van der Waals surface area contributed by atoms with Gasteiger partial charge in [-0.2, -0.15) is 0 Å². The third kappa shape index (κ3) is 2.32. The molecular formula is C16H24N4O4. The van der Waals surface area contributed by atoms with Crippen molar-refractivity contribution in [1.82, 2.24) is 18.7 Å². The molecule has 8 nitrogen and oxygen atoms in total. The van der Waals surface area contributed by atoms with Crippen molar-refractivity contribution in [2.75, 3.05) is 13.2 Å². The highest BCUT2D eigenvalue weighted by Gasteiger charge is 2.42. The molecule has 0 saturated carbocycles. The monoisotopic (exact) mass is 336 g/mol. The Kier molecular flexibility index (Phi) is 4.35. The summed E-state index contributed by atoms with van der Waals surface area (Å²) in [5.41, 5.74) is 0.295. The largest absolute Gasteiger partial charge is 0.348 e. The van der Waals surface area contributed by atoms with E-state index < -0.39 is 5.79 Å². The Hall–Kier alpha value is -1.93. The van der Waals surface area contributed by atoms with Crippen LogP contribution in [0.25, 0.3) is 11.2 Å². The number of aryl methyl sites for hydroxylation is 1. The van der Waals surface area contributed by atoms with Crippen LogP contribution in [0.4, 0.5) is 0 Å². The zero-order chi connectivity index (χ0) is 17.5. The van der Waals surface area contributed by atoms with E-state index in [-0.39, 0.29) is 11.2 Å². The molecule has 0 bridgehead atoms. The number of fused-ring (bicyclic) bond motifs is 3. The molecule has 24 heavy (non-hydrogen) atoms. The van der Waals surface area contributed by atoms with Crippen molar-refractivity contribution in [3.8, 4) is 0 Å². The Morgan fingerprint density at radius 2 is 1.67 bits per heavy atom. The second-order valence-corrected chi connectivity index (χ2v) is 5.82. The molecule has 3 heterocycles. The van der Waals surface area contributed by atoms with E-state index in [9.17, 15) is 9.59 Å².